The summed E-state index contributed by atoms with van der Waals surface area (Å²) in [7, 11) is 1.81. The molecule has 0 saturated carbocycles. The monoisotopic (exact) mass is 415 g/mol. The molecule has 4 rings (SSSR count). The Balaban J connectivity index is 1.48. The average Bonchev–Trinajstić information content (AvgIpc) is 3.39. The molecule has 9 heteroatoms. The zero-order chi connectivity index (χ0) is 19.7. The molecule has 6 nitrogen and oxygen atoms in total. The summed E-state index contributed by atoms with van der Waals surface area (Å²) < 4.78 is 21.6. The zero-order valence-electron chi connectivity index (χ0n) is 15.6. The summed E-state index contributed by atoms with van der Waals surface area (Å²) in [5.41, 5.74) is 1.67. The fourth-order valence-corrected chi connectivity index (χ4v) is 4.61. The second-order valence-electron chi connectivity index (χ2n) is 6.21. The van der Waals surface area contributed by atoms with Gasteiger partial charge < -0.3 is 8.98 Å². The van der Waals surface area contributed by atoms with E-state index in [1.54, 1.807) is 34.1 Å². The fourth-order valence-electron chi connectivity index (χ4n) is 2.83. The molecule has 0 unspecified atom stereocenters. The number of benzene rings is 1. The van der Waals surface area contributed by atoms with E-state index in [9.17, 15) is 4.39 Å². The molecule has 0 aliphatic rings. The predicted molar refractivity (Wildman–Crippen MR) is 108 cm³/mol. The lowest BCUT2D eigenvalue weighted by atomic mass is 10.2. The molecule has 4 aromatic rings. The van der Waals surface area contributed by atoms with Crippen LogP contribution in [0.1, 0.15) is 23.3 Å². The van der Waals surface area contributed by atoms with Gasteiger partial charge in [-0.1, -0.05) is 30.8 Å². The molecule has 0 aliphatic heterocycles. The Hall–Kier alpha value is -2.52. The van der Waals surface area contributed by atoms with Gasteiger partial charge in [-0.15, -0.1) is 31.7 Å². The fraction of sp³-hybridized carbons (Fsp3) is 0.263. The molecule has 0 aliphatic carbocycles. The van der Waals surface area contributed by atoms with Crippen LogP contribution in [-0.2, 0) is 19.2 Å². The molecule has 3 heterocycles. The molecule has 0 radical (unpaired) electrons. The van der Waals surface area contributed by atoms with Crippen LogP contribution in [0.5, 0.6) is 0 Å². The molecule has 144 valence electrons. The number of rotatable bonds is 6. The number of halogens is 1. The Morgan fingerprint density at radius 2 is 2.00 bits per heavy atom. The van der Waals surface area contributed by atoms with Crippen molar-refractivity contribution in [3.8, 4) is 22.2 Å². The first-order chi connectivity index (χ1) is 13.6. The minimum Gasteiger partial charge on any atom is -0.419 e. The molecule has 3 aromatic heterocycles. The molecular formula is C19H18FN5OS2. The lowest BCUT2D eigenvalue weighted by molar-refractivity contribution is 0.529. The summed E-state index contributed by atoms with van der Waals surface area (Å²) in [6.07, 6.45) is 0.990. The van der Waals surface area contributed by atoms with Crippen molar-refractivity contribution in [2.45, 2.75) is 31.2 Å². The van der Waals surface area contributed by atoms with Crippen molar-refractivity contribution in [2.24, 2.45) is 7.05 Å². The second kappa shape index (κ2) is 7.84. The van der Waals surface area contributed by atoms with Gasteiger partial charge in [-0.05, 0) is 37.1 Å². The summed E-state index contributed by atoms with van der Waals surface area (Å²) in [5, 5.41) is 17.2. The first kappa shape index (κ1) is 18.8. The first-order valence-corrected chi connectivity index (χ1v) is 10.6. The van der Waals surface area contributed by atoms with Crippen LogP contribution in [0, 0.1) is 12.7 Å². The Morgan fingerprint density at radius 3 is 2.75 bits per heavy atom. The molecule has 0 bridgehead atoms. The van der Waals surface area contributed by atoms with Crippen LogP contribution in [0.4, 0.5) is 4.39 Å². The Bertz CT molecular complexity index is 1120. The summed E-state index contributed by atoms with van der Waals surface area (Å²) >= 11 is 3.10. The highest BCUT2D eigenvalue weighted by Gasteiger charge is 2.17. The molecule has 1 aromatic carbocycles. The van der Waals surface area contributed by atoms with Crippen LogP contribution in [-0.4, -0.2) is 25.0 Å². The Morgan fingerprint density at radius 1 is 1.18 bits per heavy atom. The highest BCUT2D eigenvalue weighted by molar-refractivity contribution is 7.98. The van der Waals surface area contributed by atoms with E-state index < -0.39 is 0 Å². The third-order valence-corrected chi connectivity index (χ3v) is 6.67. The van der Waals surface area contributed by atoms with Gasteiger partial charge in [0, 0.05) is 11.9 Å². The van der Waals surface area contributed by atoms with Gasteiger partial charge in [0.25, 0.3) is 5.89 Å². The lowest BCUT2D eigenvalue weighted by Crippen LogP contribution is -1.96. The molecule has 0 spiro atoms. The Kier molecular flexibility index (Phi) is 5.27. The van der Waals surface area contributed by atoms with Gasteiger partial charge in [0.15, 0.2) is 11.0 Å². The summed E-state index contributed by atoms with van der Waals surface area (Å²) in [5.74, 6) is 1.66. The van der Waals surface area contributed by atoms with Crippen molar-refractivity contribution in [1.29, 1.82) is 0 Å². The number of aryl methyl sites for hydroxylation is 2. The van der Waals surface area contributed by atoms with Crippen LogP contribution in [0.15, 0.2) is 39.9 Å². The Labute approximate surface area is 169 Å². The quantitative estimate of drug-likeness (QED) is 0.417. The van der Waals surface area contributed by atoms with Gasteiger partial charge in [-0.3, -0.25) is 0 Å². The minimum atomic E-state index is -0.325. The van der Waals surface area contributed by atoms with Crippen LogP contribution < -0.4 is 0 Å². The zero-order valence-corrected chi connectivity index (χ0v) is 17.3. The number of thiophene rings is 1. The van der Waals surface area contributed by atoms with Crippen molar-refractivity contribution in [3.63, 3.8) is 0 Å². The van der Waals surface area contributed by atoms with Crippen LogP contribution >= 0.6 is 23.1 Å². The topological polar surface area (TPSA) is 69.6 Å². The number of thioether (sulfide) groups is 1. The van der Waals surface area contributed by atoms with E-state index in [0.29, 0.717) is 34.1 Å². The summed E-state index contributed by atoms with van der Waals surface area (Å²) in [6, 6.07) is 8.60. The van der Waals surface area contributed by atoms with E-state index in [1.807, 2.05) is 7.05 Å². The summed E-state index contributed by atoms with van der Waals surface area (Å²) in [4.78, 5) is 2.31. The number of nitrogens with zero attached hydrogens (tertiary/aromatic N) is 5. The van der Waals surface area contributed by atoms with Crippen LogP contribution in [0.25, 0.3) is 22.2 Å². The maximum atomic E-state index is 14.0. The van der Waals surface area contributed by atoms with Crippen molar-refractivity contribution in [3.05, 3.63) is 52.5 Å². The van der Waals surface area contributed by atoms with Crippen molar-refractivity contribution < 1.29 is 8.81 Å². The van der Waals surface area contributed by atoms with Crippen LogP contribution in [0.3, 0.4) is 0 Å². The third-order valence-electron chi connectivity index (χ3n) is 4.29. The van der Waals surface area contributed by atoms with E-state index in [1.165, 1.54) is 28.3 Å². The van der Waals surface area contributed by atoms with Crippen molar-refractivity contribution >= 4 is 23.1 Å². The van der Waals surface area contributed by atoms with E-state index in [-0.39, 0.29) is 5.82 Å². The first-order valence-electron chi connectivity index (χ1n) is 8.76. The predicted octanol–water partition coefficient (Wildman–Crippen LogP) is 4.90. The molecular weight excluding hydrogens is 397 g/mol. The van der Waals surface area contributed by atoms with Gasteiger partial charge in [-0.25, -0.2) is 4.39 Å². The van der Waals surface area contributed by atoms with Gasteiger partial charge in [0.2, 0.25) is 5.89 Å². The highest BCUT2D eigenvalue weighted by atomic mass is 32.2. The normalized spacial score (nSPS) is 11.3. The van der Waals surface area contributed by atoms with Gasteiger partial charge in [0.1, 0.15) is 5.82 Å². The number of hydrogen-bond acceptors (Lipinski definition) is 7. The van der Waals surface area contributed by atoms with E-state index in [2.05, 4.69) is 40.3 Å². The maximum absolute atomic E-state index is 14.0. The molecule has 0 fully saturated rings. The lowest BCUT2D eigenvalue weighted by Gasteiger charge is -2.03. The van der Waals surface area contributed by atoms with Crippen molar-refractivity contribution in [1.82, 2.24) is 25.0 Å². The smallest absolute Gasteiger partial charge is 0.257 e. The van der Waals surface area contributed by atoms with Gasteiger partial charge in [-0.2, -0.15) is 0 Å². The summed E-state index contributed by atoms with van der Waals surface area (Å²) in [6.45, 7) is 4.22. The third kappa shape index (κ3) is 3.59. The molecule has 0 saturated heterocycles. The maximum Gasteiger partial charge on any atom is 0.257 e. The van der Waals surface area contributed by atoms with E-state index in [0.717, 1.165) is 11.3 Å². The minimum absolute atomic E-state index is 0.325. The van der Waals surface area contributed by atoms with Gasteiger partial charge in [0.05, 0.1) is 16.2 Å². The molecule has 0 amide bonds. The van der Waals surface area contributed by atoms with Gasteiger partial charge >= 0.3 is 0 Å². The highest BCUT2D eigenvalue weighted by Crippen LogP contribution is 2.32. The van der Waals surface area contributed by atoms with Crippen molar-refractivity contribution in [2.75, 3.05) is 0 Å². The second-order valence-corrected chi connectivity index (χ2v) is 8.28. The molecule has 0 atom stereocenters. The largest absolute Gasteiger partial charge is 0.419 e. The standard InChI is InChI=1S/C19H18FN5OS2/c1-4-14-11(2)9-15(28-14)18-23-21-16(26-18)10-27-19-24-22-17(25(19)3)12-7-5-6-8-13(12)20/h5-9H,4,10H2,1-3H3. The SMILES string of the molecule is CCc1sc(-c2nnc(CSc3nnc(-c4ccccc4F)n3C)o2)cc1C. The number of hydrogen-bond donors (Lipinski definition) is 0. The molecule has 28 heavy (non-hydrogen) atoms. The molecule has 0 N–H and O–H groups in total. The van der Waals surface area contributed by atoms with E-state index in [4.69, 9.17) is 4.42 Å². The number of aromatic nitrogens is 5. The average molecular weight is 416 g/mol. The van der Waals surface area contributed by atoms with E-state index >= 15 is 0 Å². The van der Waals surface area contributed by atoms with Crippen LogP contribution in [0.2, 0.25) is 0 Å².